The molecule has 0 fully saturated rings. The molecule has 0 amide bonds. The molecule has 0 aliphatic heterocycles. The number of nitrogens with one attached hydrogen (secondary N) is 1. The average Bonchev–Trinajstić information content (AvgIpc) is 2.37. The first-order valence-corrected chi connectivity index (χ1v) is 4.16. The Bertz CT molecular complexity index is 199. The van der Waals surface area contributed by atoms with Crippen LogP contribution in [-0.2, 0) is 5.41 Å². The van der Waals surface area contributed by atoms with E-state index in [4.69, 9.17) is 0 Å². The summed E-state index contributed by atoms with van der Waals surface area (Å²) in [7, 11) is 0. The Kier molecular flexibility index (Phi) is 2.32. The van der Waals surface area contributed by atoms with Gasteiger partial charge in [0.2, 0.25) is 0 Å². The van der Waals surface area contributed by atoms with E-state index in [9.17, 15) is 0 Å². The van der Waals surface area contributed by atoms with E-state index >= 15 is 0 Å². The second kappa shape index (κ2) is 3.07. The summed E-state index contributed by atoms with van der Waals surface area (Å²) in [5.41, 5.74) is 1.58. The van der Waals surface area contributed by atoms with E-state index in [1.807, 2.05) is 12.4 Å². The summed E-state index contributed by atoms with van der Waals surface area (Å²) in [5.74, 6) is 0. The number of hydrogen-bond acceptors (Lipinski definition) is 1. The van der Waals surface area contributed by atoms with Crippen molar-refractivity contribution in [1.29, 1.82) is 0 Å². The van der Waals surface area contributed by atoms with Gasteiger partial charge in [-0.3, -0.25) is 5.10 Å². The fraction of sp³-hybridized carbons (Fsp3) is 0.667. The van der Waals surface area contributed by atoms with E-state index in [-0.39, 0.29) is 5.41 Å². The molecule has 0 unspecified atom stereocenters. The van der Waals surface area contributed by atoms with Gasteiger partial charge in [-0.25, -0.2) is 0 Å². The molecule has 11 heavy (non-hydrogen) atoms. The van der Waals surface area contributed by atoms with Crippen molar-refractivity contribution in [1.82, 2.24) is 10.2 Å². The summed E-state index contributed by atoms with van der Waals surface area (Å²) in [4.78, 5) is 0. The lowest BCUT2D eigenvalue weighted by Gasteiger charge is -2.21. The molecule has 0 aliphatic carbocycles. The van der Waals surface area contributed by atoms with Gasteiger partial charge < -0.3 is 0 Å². The van der Waals surface area contributed by atoms with E-state index in [0.29, 0.717) is 0 Å². The quantitative estimate of drug-likeness (QED) is 0.708. The van der Waals surface area contributed by atoms with Gasteiger partial charge in [-0.1, -0.05) is 27.2 Å². The van der Waals surface area contributed by atoms with Crippen LogP contribution < -0.4 is 0 Å². The Hall–Kier alpha value is -0.790. The minimum Gasteiger partial charge on any atom is -0.285 e. The fourth-order valence-electron chi connectivity index (χ4n) is 1.39. The second-order valence-electron chi connectivity index (χ2n) is 3.62. The van der Waals surface area contributed by atoms with Crippen LogP contribution in [-0.4, -0.2) is 10.2 Å². The number of hydrogen-bond donors (Lipinski definition) is 1. The second-order valence-corrected chi connectivity index (χ2v) is 3.62. The van der Waals surface area contributed by atoms with Gasteiger partial charge in [0.05, 0.1) is 6.20 Å². The monoisotopic (exact) mass is 152 g/mol. The molecular formula is C9H16N2. The van der Waals surface area contributed by atoms with Crippen molar-refractivity contribution >= 4 is 0 Å². The Labute approximate surface area is 68.0 Å². The highest BCUT2D eigenvalue weighted by Gasteiger charge is 2.19. The Morgan fingerprint density at radius 2 is 2.27 bits per heavy atom. The summed E-state index contributed by atoms with van der Waals surface area (Å²) in [6.07, 6.45) is 6.33. The van der Waals surface area contributed by atoms with Crippen molar-refractivity contribution < 1.29 is 0 Å². The van der Waals surface area contributed by atoms with Crippen molar-refractivity contribution in [3.8, 4) is 0 Å². The molecule has 0 radical (unpaired) electrons. The maximum Gasteiger partial charge on any atom is 0.0524 e. The highest BCUT2D eigenvalue weighted by molar-refractivity contribution is 5.15. The number of aromatic nitrogens is 2. The maximum absolute atomic E-state index is 3.95. The van der Waals surface area contributed by atoms with Crippen molar-refractivity contribution in [2.24, 2.45) is 0 Å². The largest absolute Gasteiger partial charge is 0.285 e. The van der Waals surface area contributed by atoms with E-state index in [1.165, 1.54) is 18.4 Å². The van der Waals surface area contributed by atoms with Gasteiger partial charge in [0.1, 0.15) is 0 Å². The third-order valence-corrected chi connectivity index (χ3v) is 2.15. The molecule has 2 nitrogen and oxygen atoms in total. The predicted octanol–water partition coefficient (Wildman–Crippen LogP) is 2.49. The standard InChI is InChI=1S/C9H16N2/c1-4-5-9(2,3)8-6-10-11-7-8/h6-7H,4-5H2,1-3H3,(H,10,11). The first-order valence-electron chi connectivity index (χ1n) is 4.16. The smallest absolute Gasteiger partial charge is 0.0524 e. The molecule has 1 rings (SSSR count). The predicted molar refractivity (Wildman–Crippen MR) is 46.5 cm³/mol. The first kappa shape index (κ1) is 8.31. The summed E-state index contributed by atoms with van der Waals surface area (Å²) in [5, 5.41) is 6.79. The highest BCUT2D eigenvalue weighted by atomic mass is 15.1. The van der Waals surface area contributed by atoms with Crippen molar-refractivity contribution in [2.75, 3.05) is 0 Å². The molecule has 0 aromatic carbocycles. The van der Waals surface area contributed by atoms with Crippen LogP contribution in [0.15, 0.2) is 12.4 Å². The number of aromatic amines is 1. The SMILES string of the molecule is CCCC(C)(C)c1cn[nH]c1. The third kappa shape index (κ3) is 1.82. The van der Waals surface area contributed by atoms with Gasteiger partial charge in [0, 0.05) is 6.20 Å². The Balaban J connectivity index is 2.73. The van der Waals surface area contributed by atoms with Gasteiger partial charge in [-0.05, 0) is 17.4 Å². The van der Waals surface area contributed by atoms with Crippen LogP contribution in [0, 0.1) is 0 Å². The normalized spacial score (nSPS) is 11.9. The van der Waals surface area contributed by atoms with Gasteiger partial charge in [0.25, 0.3) is 0 Å². The van der Waals surface area contributed by atoms with Gasteiger partial charge in [-0.2, -0.15) is 5.10 Å². The van der Waals surface area contributed by atoms with Gasteiger partial charge >= 0.3 is 0 Å². The van der Waals surface area contributed by atoms with Crippen LogP contribution in [0.2, 0.25) is 0 Å². The maximum atomic E-state index is 3.95. The summed E-state index contributed by atoms with van der Waals surface area (Å²) < 4.78 is 0. The third-order valence-electron chi connectivity index (χ3n) is 2.15. The molecule has 1 heterocycles. The summed E-state index contributed by atoms with van der Waals surface area (Å²) in [6, 6.07) is 0. The highest BCUT2D eigenvalue weighted by Crippen LogP contribution is 2.26. The van der Waals surface area contributed by atoms with Crippen molar-refractivity contribution in [3.63, 3.8) is 0 Å². The van der Waals surface area contributed by atoms with E-state index in [0.717, 1.165) is 0 Å². The molecule has 0 saturated heterocycles. The fourth-order valence-corrected chi connectivity index (χ4v) is 1.39. The number of nitrogens with zero attached hydrogens (tertiary/aromatic N) is 1. The average molecular weight is 152 g/mol. The lowest BCUT2D eigenvalue weighted by atomic mass is 9.83. The zero-order valence-corrected chi connectivity index (χ0v) is 7.52. The zero-order valence-electron chi connectivity index (χ0n) is 7.52. The van der Waals surface area contributed by atoms with Crippen molar-refractivity contribution in [3.05, 3.63) is 18.0 Å². The van der Waals surface area contributed by atoms with E-state index < -0.39 is 0 Å². The molecule has 1 N–H and O–H groups in total. The molecule has 0 atom stereocenters. The molecule has 0 bridgehead atoms. The van der Waals surface area contributed by atoms with Crippen LogP contribution in [0.1, 0.15) is 39.2 Å². The lowest BCUT2D eigenvalue weighted by molar-refractivity contribution is 0.473. The molecule has 0 spiro atoms. The van der Waals surface area contributed by atoms with Crippen LogP contribution in [0.25, 0.3) is 0 Å². The number of H-pyrrole nitrogens is 1. The van der Waals surface area contributed by atoms with E-state index in [1.54, 1.807) is 0 Å². The van der Waals surface area contributed by atoms with Crippen LogP contribution >= 0.6 is 0 Å². The number of rotatable bonds is 3. The van der Waals surface area contributed by atoms with Crippen LogP contribution in [0.4, 0.5) is 0 Å². The van der Waals surface area contributed by atoms with Gasteiger partial charge in [-0.15, -0.1) is 0 Å². The molecule has 1 aromatic rings. The summed E-state index contributed by atoms with van der Waals surface area (Å²) in [6.45, 7) is 6.71. The molecule has 1 aromatic heterocycles. The first-order chi connectivity index (χ1) is 5.17. The molecule has 0 saturated carbocycles. The Morgan fingerprint density at radius 3 is 2.73 bits per heavy atom. The van der Waals surface area contributed by atoms with E-state index in [2.05, 4.69) is 31.0 Å². The Morgan fingerprint density at radius 1 is 1.55 bits per heavy atom. The molecular weight excluding hydrogens is 136 g/mol. The van der Waals surface area contributed by atoms with Crippen LogP contribution in [0.5, 0.6) is 0 Å². The molecule has 2 heteroatoms. The summed E-state index contributed by atoms with van der Waals surface area (Å²) >= 11 is 0. The molecule has 62 valence electrons. The minimum absolute atomic E-state index is 0.280. The molecule has 0 aliphatic rings. The zero-order chi connectivity index (χ0) is 8.32. The van der Waals surface area contributed by atoms with Crippen molar-refractivity contribution in [2.45, 2.75) is 39.0 Å². The van der Waals surface area contributed by atoms with Crippen LogP contribution in [0.3, 0.4) is 0 Å². The topological polar surface area (TPSA) is 28.7 Å². The lowest BCUT2D eigenvalue weighted by Crippen LogP contribution is -2.15. The minimum atomic E-state index is 0.280. The van der Waals surface area contributed by atoms with Gasteiger partial charge in [0.15, 0.2) is 0 Å².